The van der Waals surface area contributed by atoms with Crippen LogP contribution in [-0.4, -0.2) is 20.8 Å². The Morgan fingerprint density at radius 1 is 1.21 bits per heavy atom. The van der Waals surface area contributed by atoms with Crippen LogP contribution in [0.5, 0.6) is 0 Å². The average molecular weight is 284 g/mol. The van der Waals surface area contributed by atoms with Crippen LogP contribution in [0.3, 0.4) is 0 Å². The van der Waals surface area contributed by atoms with Crippen molar-refractivity contribution < 1.29 is 14.7 Å². The number of unbranched alkanes of at least 4 members (excludes halogenated alkanes) is 5. The van der Waals surface area contributed by atoms with Crippen molar-refractivity contribution in [3.05, 3.63) is 11.3 Å². The molecule has 108 valence electrons. The summed E-state index contributed by atoms with van der Waals surface area (Å²) in [5.41, 5.74) is -0.00140. The summed E-state index contributed by atoms with van der Waals surface area (Å²) < 4.78 is -0.594. The molecule has 1 atom stereocenters. The molecule has 1 N–H and O–H groups in total. The van der Waals surface area contributed by atoms with Gasteiger partial charge >= 0.3 is 0 Å². The summed E-state index contributed by atoms with van der Waals surface area (Å²) in [7, 11) is 0. The Hall–Kier alpha value is -0.770. The van der Waals surface area contributed by atoms with E-state index in [2.05, 4.69) is 6.92 Å². The van der Waals surface area contributed by atoms with Gasteiger partial charge in [0.05, 0.1) is 4.75 Å². The molecule has 0 unspecified atom stereocenters. The van der Waals surface area contributed by atoms with Gasteiger partial charge in [0, 0.05) is 0 Å². The highest BCUT2D eigenvalue weighted by Gasteiger charge is 2.44. The van der Waals surface area contributed by atoms with Crippen LogP contribution in [-0.2, 0) is 9.59 Å². The molecular formula is C15H24O3S. The van der Waals surface area contributed by atoms with Crippen LogP contribution in [0, 0.1) is 0 Å². The smallest absolute Gasteiger partial charge is 0.227 e. The molecule has 0 saturated carbocycles. The Bertz CT molecular complexity index is 387. The summed E-state index contributed by atoms with van der Waals surface area (Å²) in [6.45, 7) is 5.38. The highest BCUT2D eigenvalue weighted by Crippen LogP contribution is 2.45. The zero-order valence-electron chi connectivity index (χ0n) is 12.1. The van der Waals surface area contributed by atoms with Crippen LogP contribution in [0.15, 0.2) is 11.3 Å². The fraction of sp³-hybridized carbons (Fsp3) is 0.733. The van der Waals surface area contributed by atoms with Gasteiger partial charge < -0.3 is 5.11 Å². The number of hydrogen-bond acceptors (Lipinski definition) is 4. The first-order valence-electron chi connectivity index (χ1n) is 7.10. The molecule has 1 heterocycles. The highest BCUT2D eigenvalue weighted by molar-refractivity contribution is 8.16. The molecule has 0 fully saturated rings. The molecule has 4 heteroatoms. The Morgan fingerprint density at radius 3 is 2.32 bits per heavy atom. The number of hydrogen-bond donors (Lipinski definition) is 1. The lowest BCUT2D eigenvalue weighted by molar-refractivity contribution is -0.116. The standard InChI is InChI=1S/C15H24O3S/c1-4-5-6-7-8-9-10-15(3)13(17)12(11(2)16)14(18)19-15/h17H,4-10H2,1-3H3/t15-/m1/s1. The van der Waals surface area contributed by atoms with Crippen molar-refractivity contribution in [1.82, 2.24) is 0 Å². The molecule has 0 aromatic carbocycles. The van der Waals surface area contributed by atoms with Gasteiger partial charge in [-0.05, 0) is 20.3 Å². The SMILES string of the molecule is CCCCCCCC[C@@]1(C)SC(=O)C(C(C)=O)=C1O. The molecular weight excluding hydrogens is 260 g/mol. The lowest BCUT2D eigenvalue weighted by Gasteiger charge is -2.22. The van der Waals surface area contributed by atoms with Gasteiger partial charge in [0.2, 0.25) is 5.12 Å². The third-order valence-corrected chi connectivity index (χ3v) is 4.86. The molecule has 0 aromatic rings. The summed E-state index contributed by atoms with van der Waals surface area (Å²) in [5.74, 6) is -0.342. The van der Waals surface area contributed by atoms with Crippen LogP contribution in [0.2, 0.25) is 0 Å². The number of carbonyl (C=O) groups is 2. The molecule has 0 aliphatic carbocycles. The highest BCUT2D eigenvalue weighted by atomic mass is 32.2. The maximum atomic E-state index is 11.7. The van der Waals surface area contributed by atoms with Gasteiger partial charge in [-0.2, -0.15) is 0 Å². The molecule has 0 aromatic heterocycles. The first-order valence-corrected chi connectivity index (χ1v) is 7.92. The zero-order chi connectivity index (χ0) is 14.5. The predicted octanol–water partition coefficient (Wildman–Crippen LogP) is 4.17. The van der Waals surface area contributed by atoms with E-state index in [1.54, 1.807) is 0 Å². The predicted molar refractivity (Wildman–Crippen MR) is 79.3 cm³/mol. The van der Waals surface area contributed by atoms with Crippen LogP contribution in [0.25, 0.3) is 0 Å². The number of rotatable bonds is 8. The van der Waals surface area contributed by atoms with E-state index in [0.717, 1.165) is 31.0 Å². The molecule has 19 heavy (non-hydrogen) atoms. The van der Waals surface area contributed by atoms with Crippen molar-refractivity contribution in [2.24, 2.45) is 0 Å². The molecule has 0 amide bonds. The van der Waals surface area contributed by atoms with Gasteiger partial charge in [-0.3, -0.25) is 9.59 Å². The summed E-state index contributed by atoms with van der Waals surface area (Å²) >= 11 is 1.10. The molecule has 3 nitrogen and oxygen atoms in total. The van der Waals surface area contributed by atoms with E-state index in [1.807, 2.05) is 6.92 Å². The van der Waals surface area contributed by atoms with Gasteiger partial charge in [0.15, 0.2) is 5.78 Å². The normalized spacial score (nSPS) is 23.2. The van der Waals surface area contributed by atoms with Crippen LogP contribution >= 0.6 is 11.8 Å². The quantitative estimate of drug-likeness (QED) is 0.537. The molecule has 0 radical (unpaired) electrons. The zero-order valence-corrected chi connectivity index (χ0v) is 12.9. The maximum Gasteiger partial charge on any atom is 0.227 e. The molecule has 1 aliphatic rings. The minimum atomic E-state index is -0.594. The van der Waals surface area contributed by atoms with E-state index in [9.17, 15) is 14.7 Å². The van der Waals surface area contributed by atoms with Crippen molar-refractivity contribution in [3.8, 4) is 0 Å². The van der Waals surface area contributed by atoms with Crippen molar-refractivity contribution in [3.63, 3.8) is 0 Å². The fourth-order valence-corrected chi connectivity index (χ4v) is 3.58. The first kappa shape index (κ1) is 16.3. The monoisotopic (exact) mass is 284 g/mol. The summed E-state index contributed by atoms with van der Waals surface area (Å²) in [5, 5.41) is 9.83. The van der Waals surface area contributed by atoms with Gasteiger partial charge in [-0.25, -0.2) is 0 Å². The van der Waals surface area contributed by atoms with E-state index in [0.29, 0.717) is 0 Å². The van der Waals surface area contributed by atoms with Gasteiger partial charge in [0.1, 0.15) is 11.3 Å². The largest absolute Gasteiger partial charge is 0.510 e. The Labute approximate surface area is 119 Å². The van der Waals surface area contributed by atoms with E-state index in [4.69, 9.17) is 0 Å². The molecule has 0 spiro atoms. The second kappa shape index (κ2) is 7.13. The van der Waals surface area contributed by atoms with Crippen LogP contribution in [0.1, 0.15) is 65.7 Å². The lowest BCUT2D eigenvalue weighted by atomic mass is 9.96. The summed E-state index contributed by atoms with van der Waals surface area (Å²) in [6.07, 6.45) is 7.80. The summed E-state index contributed by atoms with van der Waals surface area (Å²) in [4.78, 5) is 23.1. The van der Waals surface area contributed by atoms with Crippen molar-refractivity contribution >= 4 is 22.7 Å². The molecule has 0 saturated heterocycles. The van der Waals surface area contributed by atoms with Gasteiger partial charge in [-0.1, -0.05) is 57.2 Å². The van der Waals surface area contributed by atoms with Crippen molar-refractivity contribution in [2.75, 3.05) is 0 Å². The van der Waals surface area contributed by atoms with E-state index in [-0.39, 0.29) is 22.2 Å². The van der Waals surface area contributed by atoms with E-state index < -0.39 is 4.75 Å². The minimum absolute atomic E-state index is 0.00140. The first-order chi connectivity index (χ1) is 8.92. The Kier molecular flexibility index (Phi) is 6.11. The fourth-order valence-electron chi connectivity index (χ4n) is 2.39. The van der Waals surface area contributed by atoms with Crippen molar-refractivity contribution in [1.29, 1.82) is 0 Å². The third-order valence-electron chi connectivity index (χ3n) is 3.62. The van der Waals surface area contributed by atoms with Crippen molar-refractivity contribution in [2.45, 2.75) is 70.5 Å². The lowest BCUT2D eigenvalue weighted by Crippen LogP contribution is -2.20. The van der Waals surface area contributed by atoms with Gasteiger partial charge in [0.25, 0.3) is 0 Å². The van der Waals surface area contributed by atoms with Crippen LogP contribution < -0.4 is 0 Å². The number of carbonyl (C=O) groups excluding carboxylic acids is 2. The molecule has 0 bridgehead atoms. The Balaban J connectivity index is 2.49. The number of aliphatic hydroxyl groups is 1. The van der Waals surface area contributed by atoms with E-state index in [1.165, 1.54) is 32.6 Å². The summed E-state index contributed by atoms with van der Waals surface area (Å²) in [6, 6.07) is 0. The van der Waals surface area contributed by atoms with Gasteiger partial charge in [-0.15, -0.1) is 0 Å². The third kappa shape index (κ3) is 4.10. The minimum Gasteiger partial charge on any atom is -0.510 e. The number of Topliss-reactive ketones (excluding diaryl/α,β-unsaturated/α-hetero) is 1. The molecule has 1 rings (SSSR count). The van der Waals surface area contributed by atoms with Crippen LogP contribution in [0.4, 0.5) is 0 Å². The Morgan fingerprint density at radius 2 is 1.79 bits per heavy atom. The molecule has 1 aliphatic heterocycles. The van der Waals surface area contributed by atoms with E-state index >= 15 is 0 Å². The average Bonchev–Trinajstić information content (AvgIpc) is 2.55. The topological polar surface area (TPSA) is 54.4 Å². The number of aliphatic hydroxyl groups excluding tert-OH is 1. The maximum absolute atomic E-state index is 11.7. The number of ketones is 1. The second-order valence-corrected chi connectivity index (χ2v) is 6.89. The second-order valence-electron chi connectivity index (χ2n) is 5.42. The number of thioether (sulfide) groups is 1.